The van der Waals surface area contributed by atoms with E-state index in [2.05, 4.69) is 10.5 Å². The van der Waals surface area contributed by atoms with Crippen molar-refractivity contribution in [1.82, 2.24) is 5.16 Å². The highest BCUT2D eigenvalue weighted by molar-refractivity contribution is 6.05. The van der Waals surface area contributed by atoms with E-state index in [9.17, 15) is 18.4 Å². The maximum absolute atomic E-state index is 13.5. The van der Waals surface area contributed by atoms with Crippen LogP contribution in [0, 0.1) is 25.5 Å². The Kier molecular flexibility index (Phi) is 5.18. The van der Waals surface area contributed by atoms with Crippen molar-refractivity contribution in [2.24, 2.45) is 0 Å². The van der Waals surface area contributed by atoms with Gasteiger partial charge in [-0.1, -0.05) is 5.16 Å². The molecule has 1 aromatic heterocycles. The Hall–Kier alpha value is -3.75. The standard InChI is InChI=1S/C22H19F2N3O4/c1-11-16(12(2)31-26-11)10-27-19-9-15(5-7-20(19)30-13(3)22(27)29)25-21(28)14-4-6-17(23)18(24)8-14/h4-9,13H,10H2,1-3H3,(H,25,28). The first-order chi connectivity index (χ1) is 14.7. The maximum atomic E-state index is 13.5. The molecule has 1 unspecified atom stereocenters. The molecule has 7 nitrogen and oxygen atoms in total. The van der Waals surface area contributed by atoms with Crippen LogP contribution < -0.4 is 15.0 Å². The monoisotopic (exact) mass is 427 g/mol. The van der Waals surface area contributed by atoms with Gasteiger partial charge in [0.15, 0.2) is 17.7 Å². The highest BCUT2D eigenvalue weighted by Crippen LogP contribution is 2.38. The summed E-state index contributed by atoms with van der Waals surface area (Å²) < 4.78 is 37.5. The lowest BCUT2D eigenvalue weighted by Gasteiger charge is -2.33. The molecular weight excluding hydrogens is 408 g/mol. The minimum atomic E-state index is -1.11. The summed E-state index contributed by atoms with van der Waals surface area (Å²) in [6.07, 6.45) is -0.685. The zero-order chi connectivity index (χ0) is 22.3. The highest BCUT2D eigenvalue weighted by atomic mass is 19.2. The van der Waals surface area contributed by atoms with Gasteiger partial charge in [0, 0.05) is 16.8 Å². The summed E-state index contributed by atoms with van der Waals surface area (Å²) in [4.78, 5) is 26.8. The molecule has 3 aromatic rings. The van der Waals surface area contributed by atoms with Crippen LogP contribution in [0.15, 0.2) is 40.9 Å². The molecule has 2 aromatic carbocycles. The summed E-state index contributed by atoms with van der Waals surface area (Å²) in [6.45, 7) is 5.44. The fourth-order valence-electron chi connectivity index (χ4n) is 3.37. The van der Waals surface area contributed by atoms with Crippen molar-refractivity contribution in [3.05, 3.63) is 70.6 Å². The zero-order valence-electron chi connectivity index (χ0n) is 17.0. The van der Waals surface area contributed by atoms with E-state index in [4.69, 9.17) is 9.26 Å². The summed E-state index contributed by atoms with van der Waals surface area (Å²) in [6, 6.07) is 7.73. The Bertz CT molecular complexity index is 1170. The van der Waals surface area contributed by atoms with E-state index < -0.39 is 23.6 Å². The molecule has 4 rings (SSSR count). The Morgan fingerprint density at radius 3 is 2.61 bits per heavy atom. The van der Waals surface area contributed by atoms with Crippen molar-refractivity contribution in [2.45, 2.75) is 33.4 Å². The molecule has 1 aliphatic rings. The van der Waals surface area contributed by atoms with E-state index in [-0.39, 0.29) is 18.0 Å². The Balaban J connectivity index is 1.65. The average Bonchev–Trinajstić information content (AvgIpc) is 3.05. The van der Waals surface area contributed by atoms with Crippen LogP contribution in [0.5, 0.6) is 5.75 Å². The molecular formula is C22H19F2N3O4. The summed E-state index contributed by atoms with van der Waals surface area (Å²) >= 11 is 0. The van der Waals surface area contributed by atoms with E-state index in [1.807, 2.05) is 0 Å². The maximum Gasteiger partial charge on any atom is 0.268 e. The van der Waals surface area contributed by atoms with Crippen LogP contribution in [0.25, 0.3) is 0 Å². The van der Waals surface area contributed by atoms with Gasteiger partial charge in [0.1, 0.15) is 11.5 Å². The van der Waals surface area contributed by atoms with Crippen molar-refractivity contribution in [3.8, 4) is 5.75 Å². The molecule has 0 aliphatic carbocycles. The van der Waals surface area contributed by atoms with Crippen LogP contribution >= 0.6 is 0 Å². The molecule has 1 aliphatic heterocycles. The molecule has 1 N–H and O–H groups in total. The van der Waals surface area contributed by atoms with E-state index in [1.165, 1.54) is 6.07 Å². The number of hydrogen-bond acceptors (Lipinski definition) is 5. The van der Waals surface area contributed by atoms with Gasteiger partial charge in [0.25, 0.3) is 11.8 Å². The number of fused-ring (bicyclic) bond motifs is 1. The van der Waals surface area contributed by atoms with Gasteiger partial charge < -0.3 is 19.5 Å². The quantitative estimate of drug-likeness (QED) is 0.677. The Morgan fingerprint density at radius 1 is 1.16 bits per heavy atom. The number of anilines is 2. The second-order valence-electron chi connectivity index (χ2n) is 7.25. The smallest absolute Gasteiger partial charge is 0.268 e. The van der Waals surface area contributed by atoms with Crippen LogP contribution in [0.2, 0.25) is 0 Å². The van der Waals surface area contributed by atoms with Crippen LogP contribution in [-0.4, -0.2) is 23.1 Å². The van der Waals surface area contributed by atoms with E-state index >= 15 is 0 Å². The van der Waals surface area contributed by atoms with E-state index in [1.54, 1.807) is 43.9 Å². The van der Waals surface area contributed by atoms with E-state index in [0.29, 0.717) is 28.6 Å². The molecule has 9 heteroatoms. The number of hydrogen-bond donors (Lipinski definition) is 1. The lowest BCUT2D eigenvalue weighted by Crippen LogP contribution is -2.44. The third kappa shape index (κ3) is 3.86. The van der Waals surface area contributed by atoms with Gasteiger partial charge in [0.2, 0.25) is 0 Å². The van der Waals surface area contributed by atoms with Crippen LogP contribution in [0.1, 0.15) is 34.3 Å². The van der Waals surface area contributed by atoms with Gasteiger partial charge in [-0.15, -0.1) is 0 Å². The van der Waals surface area contributed by atoms with Gasteiger partial charge in [0.05, 0.1) is 17.9 Å². The molecule has 2 amide bonds. The molecule has 0 bridgehead atoms. The zero-order valence-corrected chi connectivity index (χ0v) is 17.0. The molecule has 0 spiro atoms. The third-order valence-electron chi connectivity index (χ3n) is 5.10. The lowest BCUT2D eigenvalue weighted by molar-refractivity contribution is -0.125. The number of benzene rings is 2. The summed E-state index contributed by atoms with van der Waals surface area (Å²) in [5.74, 6) is -1.94. The number of halogens is 2. The fourth-order valence-corrected chi connectivity index (χ4v) is 3.37. The van der Waals surface area contributed by atoms with Gasteiger partial charge in [-0.25, -0.2) is 8.78 Å². The largest absolute Gasteiger partial charge is 0.479 e. The Morgan fingerprint density at radius 2 is 1.94 bits per heavy atom. The predicted molar refractivity (Wildman–Crippen MR) is 108 cm³/mol. The lowest BCUT2D eigenvalue weighted by atomic mass is 10.1. The predicted octanol–water partition coefficient (Wildman–Crippen LogP) is 4.14. The summed E-state index contributed by atoms with van der Waals surface area (Å²) in [5.41, 5.74) is 2.25. The molecule has 31 heavy (non-hydrogen) atoms. The van der Waals surface area contributed by atoms with Gasteiger partial charge >= 0.3 is 0 Å². The van der Waals surface area contributed by atoms with Gasteiger partial charge in [-0.05, 0) is 57.2 Å². The van der Waals surface area contributed by atoms with Crippen molar-refractivity contribution in [1.29, 1.82) is 0 Å². The second kappa shape index (κ2) is 7.82. The first kappa shape index (κ1) is 20.5. The number of amides is 2. The van der Waals surface area contributed by atoms with Crippen molar-refractivity contribution >= 4 is 23.2 Å². The first-order valence-electron chi connectivity index (χ1n) is 9.55. The number of nitrogens with zero attached hydrogens (tertiary/aromatic N) is 2. The topological polar surface area (TPSA) is 84.7 Å². The molecule has 2 heterocycles. The number of nitrogens with one attached hydrogen (secondary N) is 1. The molecule has 1 atom stereocenters. The van der Waals surface area contributed by atoms with E-state index in [0.717, 1.165) is 17.7 Å². The van der Waals surface area contributed by atoms with Crippen molar-refractivity contribution in [3.63, 3.8) is 0 Å². The van der Waals surface area contributed by atoms with Crippen LogP contribution in [0.3, 0.4) is 0 Å². The minimum Gasteiger partial charge on any atom is -0.479 e. The van der Waals surface area contributed by atoms with Crippen LogP contribution in [-0.2, 0) is 11.3 Å². The SMILES string of the molecule is Cc1noc(C)c1CN1C(=O)C(C)Oc2ccc(NC(=O)c3ccc(F)c(F)c3)cc21. The van der Waals surface area contributed by atoms with Gasteiger partial charge in [-0.2, -0.15) is 0 Å². The number of rotatable bonds is 4. The third-order valence-corrected chi connectivity index (χ3v) is 5.10. The molecule has 0 saturated heterocycles. The van der Waals surface area contributed by atoms with Crippen molar-refractivity contribution < 1.29 is 27.6 Å². The first-order valence-corrected chi connectivity index (χ1v) is 9.55. The number of aryl methyl sites for hydroxylation is 2. The molecule has 0 radical (unpaired) electrons. The summed E-state index contributed by atoms with van der Waals surface area (Å²) in [7, 11) is 0. The summed E-state index contributed by atoms with van der Waals surface area (Å²) in [5, 5.41) is 6.56. The van der Waals surface area contributed by atoms with Crippen molar-refractivity contribution in [2.75, 3.05) is 10.2 Å². The number of carbonyl (C=O) groups is 2. The molecule has 160 valence electrons. The highest BCUT2D eigenvalue weighted by Gasteiger charge is 2.33. The molecule has 0 saturated carbocycles. The number of ether oxygens (including phenoxy) is 1. The number of carbonyl (C=O) groups excluding carboxylic acids is 2. The average molecular weight is 427 g/mol. The minimum absolute atomic E-state index is 0.0369. The second-order valence-corrected chi connectivity index (χ2v) is 7.25. The normalized spacial score (nSPS) is 15.5. The van der Waals surface area contributed by atoms with Gasteiger partial charge in [-0.3, -0.25) is 9.59 Å². The fraction of sp³-hybridized carbons (Fsp3) is 0.227. The number of aromatic nitrogens is 1. The Labute approximate surface area is 176 Å². The van der Waals surface area contributed by atoms with Crippen LogP contribution in [0.4, 0.5) is 20.2 Å². The molecule has 0 fully saturated rings.